The lowest BCUT2D eigenvalue weighted by Crippen LogP contribution is -2.06. The summed E-state index contributed by atoms with van der Waals surface area (Å²) < 4.78 is 38.1. The van der Waals surface area contributed by atoms with Crippen LogP contribution < -0.4 is 10.6 Å². The second-order valence-corrected chi connectivity index (χ2v) is 4.56. The van der Waals surface area contributed by atoms with Crippen LogP contribution in [0.1, 0.15) is 11.4 Å². The summed E-state index contributed by atoms with van der Waals surface area (Å²) in [6, 6.07) is 6.57. The molecule has 7 heteroatoms. The fourth-order valence-corrected chi connectivity index (χ4v) is 1.82. The average molecular weight is 308 g/mol. The SMILES string of the molecule is C=CCNc1cc(Nc2cccc(C(F)(F)F)c2)nc(C)n1. The normalized spacial score (nSPS) is 11.1. The van der Waals surface area contributed by atoms with Gasteiger partial charge < -0.3 is 10.6 Å². The van der Waals surface area contributed by atoms with Gasteiger partial charge in [0.25, 0.3) is 0 Å². The lowest BCUT2D eigenvalue weighted by Gasteiger charge is -2.11. The standard InChI is InChI=1S/C15H15F3N4/c1-3-7-19-13-9-14(21-10(2)20-13)22-12-6-4-5-11(8-12)15(16,17)18/h3-6,8-9H,1,7H2,2H3,(H2,19,20,21,22). The number of alkyl halides is 3. The van der Waals surface area contributed by atoms with Gasteiger partial charge >= 0.3 is 6.18 Å². The molecule has 0 saturated carbocycles. The van der Waals surface area contributed by atoms with Crippen LogP contribution in [0.2, 0.25) is 0 Å². The predicted molar refractivity (Wildman–Crippen MR) is 80.2 cm³/mol. The number of hydrogen-bond donors (Lipinski definition) is 2. The van der Waals surface area contributed by atoms with Crippen molar-refractivity contribution in [1.82, 2.24) is 9.97 Å². The van der Waals surface area contributed by atoms with Crippen LogP contribution in [0.3, 0.4) is 0 Å². The Hall–Kier alpha value is -2.57. The topological polar surface area (TPSA) is 49.8 Å². The van der Waals surface area contributed by atoms with E-state index in [1.165, 1.54) is 6.07 Å². The highest BCUT2D eigenvalue weighted by Crippen LogP contribution is 2.31. The summed E-state index contributed by atoms with van der Waals surface area (Å²) in [6.45, 7) is 5.82. The molecule has 1 aromatic heterocycles. The first-order valence-corrected chi connectivity index (χ1v) is 6.53. The molecule has 22 heavy (non-hydrogen) atoms. The van der Waals surface area contributed by atoms with Crippen LogP contribution in [0.15, 0.2) is 43.0 Å². The number of aryl methyl sites for hydroxylation is 1. The molecule has 4 nitrogen and oxygen atoms in total. The summed E-state index contributed by atoms with van der Waals surface area (Å²) in [5, 5.41) is 5.86. The minimum Gasteiger partial charge on any atom is -0.366 e. The smallest absolute Gasteiger partial charge is 0.366 e. The Kier molecular flexibility index (Phi) is 4.65. The molecule has 0 saturated heterocycles. The maximum absolute atomic E-state index is 12.7. The fraction of sp³-hybridized carbons (Fsp3) is 0.200. The molecule has 0 aliphatic heterocycles. The van der Waals surface area contributed by atoms with Crippen molar-refractivity contribution in [2.75, 3.05) is 17.2 Å². The quantitative estimate of drug-likeness (QED) is 0.815. The van der Waals surface area contributed by atoms with E-state index in [1.807, 2.05) is 0 Å². The summed E-state index contributed by atoms with van der Waals surface area (Å²) in [4.78, 5) is 8.34. The Morgan fingerprint density at radius 1 is 1.18 bits per heavy atom. The van der Waals surface area contributed by atoms with Crippen LogP contribution in [0.4, 0.5) is 30.5 Å². The van der Waals surface area contributed by atoms with E-state index in [0.29, 0.717) is 29.7 Å². The summed E-state index contributed by atoms with van der Waals surface area (Å²) in [5.74, 6) is 1.49. The van der Waals surface area contributed by atoms with E-state index in [-0.39, 0.29) is 0 Å². The van der Waals surface area contributed by atoms with Crippen LogP contribution in [0.5, 0.6) is 0 Å². The molecule has 2 rings (SSSR count). The number of hydrogen-bond acceptors (Lipinski definition) is 4. The molecule has 116 valence electrons. The van der Waals surface area contributed by atoms with Gasteiger partial charge in [0.15, 0.2) is 0 Å². The van der Waals surface area contributed by atoms with Crippen molar-refractivity contribution in [1.29, 1.82) is 0 Å². The van der Waals surface area contributed by atoms with Crippen LogP contribution >= 0.6 is 0 Å². The molecule has 0 spiro atoms. The number of nitrogens with one attached hydrogen (secondary N) is 2. The molecule has 0 radical (unpaired) electrons. The molecule has 0 aliphatic rings. The van der Waals surface area contributed by atoms with E-state index in [9.17, 15) is 13.2 Å². The molecule has 0 amide bonds. The molecular formula is C15H15F3N4. The highest BCUT2D eigenvalue weighted by Gasteiger charge is 2.30. The number of aromatic nitrogens is 2. The molecule has 0 aliphatic carbocycles. The second kappa shape index (κ2) is 6.46. The van der Waals surface area contributed by atoms with Crippen molar-refractivity contribution < 1.29 is 13.2 Å². The Bertz CT molecular complexity index is 668. The molecule has 2 N–H and O–H groups in total. The van der Waals surface area contributed by atoms with E-state index in [0.717, 1.165) is 12.1 Å². The van der Waals surface area contributed by atoms with Crippen molar-refractivity contribution in [3.63, 3.8) is 0 Å². The molecular weight excluding hydrogens is 293 g/mol. The summed E-state index contributed by atoms with van der Waals surface area (Å²) in [6.07, 6.45) is -2.70. The van der Waals surface area contributed by atoms with Crippen molar-refractivity contribution in [2.45, 2.75) is 13.1 Å². The van der Waals surface area contributed by atoms with E-state index in [1.54, 1.807) is 25.1 Å². The summed E-state index contributed by atoms with van der Waals surface area (Å²) in [7, 11) is 0. The number of rotatable bonds is 5. The summed E-state index contributed by atoms with van der Waals surface area (Å²) >= 11 is 0. The zero-order valence-electron chi connectivity index (χ0n) is 11.9. The maximum atomic E-state index is 12.7. The van der Waals surface area contributed by atoms with Gasteiger partial charge in [0.2, 0.25) is 0 Å². The first-order chi connectivity index (χ1) is 10.4. The first kappa shape index (κ1) is 15.8. The number of halogens is 3. The molecule has 2 aromatic rings. The average Bonchev–Trinajstić information content (AvgIpc) is 2.44. The molecule has 1 heterocycles. The maximum Gasteiger partial charge on any atom is 0.416 e. The summed E-state index contributed by atoms with van der Waals surface area (Å²) in [5.41, 5.74) is -0.407. The zero-order chi connectivity index (χ0) is 16.2. The Morgan fingerprint density at radius 2 is 1.91 bits per heavy atom. The van der Waals surface area contributed by atoms with E-state index < -0.39 is 11.7 Å². The molecule has 0 atom stereocenters. The van der Waals surface area contributed by atoms with Gasteiger partial charge in [-0.3, -0.25) is 0 Å². The molecule has 0 fully saturated rings. The Labute approximate surface area is 126 Å². The predicted octanol–water partition coefficient (Wildman–Crippen LogP) is 4.15. The fourth-order valence-electron chi connectivity index (χ4n) is 1.82. The van der Waals surface area contributed by atoms with Crippen molar-refractivity contribution in [2.24, 2.45) is 0 Å². The lowest BCUT2D eigenvalue weighted by atomic mass is 10.2. The van der Waals surface area contributed by atoms with Gasteiger partial charge in [-0.05, 0) is 25.1 Å². The third kappa shape index (κ3) is 4.21. The van der Waals surface area contributed by atoms with E-state index in [2.05, 4.69) is 27.2 Å². The van der Waals surface area contributed by atoms with Crippen LogP contribution in [0, 0.1) is 6.92 Å². The minimum absolute atomic E-state index is 0.308. The molecule has 0 bridgehead atoms. The second-order valence-electron chi connectivity index (χ2n) is 4.56. The van der Waals surface area contributed by atoms with Gasteiger partial charge in [0.05, 0.1) is 5.56 Å². The Morgan fingerprint density at radius 3 is 2.59 bits per heavy atom. The van der Waals surface area contributed by atoms with Gasteiger partial charge in [-0.1, -0.05) is 12.1 Å². The highest BCUT2D eigenvalue weighted by molar-refractivity contribution is 5.60. The van der Waals surface area contributed by atoms with Crippen LogP contribution in [0.25, 0.3) is 0 Å². The van der Waals surface area contributed by atoms with Gasteiger partial charge in [0.1, 0.15) is 17.5 Å². The third-order valence-corrected chi connectivity index (χ3v) is 2.73. The highest BCUT2D eigenvalue weighted by atomic mass is 19.4. The largest absolute Gasteiger partial charge is 0.416 e. The van der Waals surface area contributed by atoms with E-state index in [4.69, 9.17) is 0 Å². The zero-order valence-corrected chi connectivity index (χ0v) is 11.9. The van der Waals surface area contributed by atoms with Gasteiger partial charge in [-0.25, -0.2) is 9.97 Å². The van der Waals surface area contributed by atoms with Crippen molar-refractivity contribution >= 4 is 17.3 Å². The van der Waals surface area contributed by atoms with Crippen molar-refractivity contribution in [3.05, 3.63) is 54.4 Å². The van der Waals surface area contributed by atoms with Gasteiger partial charge in [0, 0.05) is 18.3 Å². The molecule has 0 unspecified atom stereocenters. The van der Waals surface area contributed by atoms with Gasteiger partial charge in [-0.15, -0.1) is 6.58 Å². The lowest BCUT2D eigenvalue weighted by molar-refractivity contribution is -0.137. The monoisotopic (exact) mass is 308 g/mol. The third-order valence-electron chi connectivity index (χ3n) is 2.73. The number of anilines is 3. The van der Waals surface area contributed by atoms with Crippen LogP contribution in [-0.2, 0) is 6.18 Å². The Balaban J connectivity index is 2.23. The first-order valence-electron chi connectivity index (χ1n) is 6.53. The number of benzene rings is 1. The van der Waals surface area contributed by atoms with Gasteiger partial charge in [-0.2, -0.15) is 13.2 Å². The van der Waals surface area contributed by atoms with E-state index >= 15 is 0 Å². The van der Waals surface area contributed by atoms with Crippen molar-refractivity contribution in [3.8, 4) is 0 Å². The van der Waals surface area contributed by atoms with Crippen LogP contribution in [-0.4, -0.2) is 16.5 Å². The minimum atomic E-state index is -4.38. The number of nitrogens with zero attached hydrogens (tertiary/aromatic N) is 2. The molecule has 1 aromatic carbocycles.